The zero-order valence-corrected chi connectivity index (χ0v) is 8.82. The van der Waals surface area contributed by atoms with Crippen molar-refractivity contribution in [3.8, 4) is 5.75 Å². The lowest BCUT2D eigenvalue weighted by Crippen LogP contribution is -2.00. The highest BCUT2D eigenvalue weighted by atomic mass is 16.5. The van der Waals surface area contributed by atoms with Crippen LogP contribution in [0.1, 0.15) is 18.4 Å². The first-order valence-electron chi connectivity index (χ1n) is 5.00. The summed E-state index contributed by atoms with van der Waals surface area (Å²) in [5, 5.41) is 0. The van der Waals surface area contributed by atoms with Crippen molar-refractivity contribution in [3.63, 3.8) is 0 Å². The van der Waals surface area contributed by atoms with Crippen LogP contribution in [0.5, 0.6) is 5.75 Å². The number of hydrogen-bond donors (Lipinski definition) is 1. The number of ether oxygens (including phenoxy) is 2. The van der Waals surface area contributed by atoms with E-state index < -0.39 is 0 Å². The van der Waals surface area contributed by atoms with E-state index in [2.05, 4.69) is 6.58 Å². The number of nitrogen functional groups attached to an aromatic ring is 1. The van der Waals surface area contributed by atoms with Crippen molar-refractivity contribution >= 4 is 11.4 Å². The van der Waals surface area contributed by atoms with Gasteiger partial charge in [0, 0.05) is 5.56 Å². The van der Waals surface area contributed by atoms with Gasteiger partial charge in [0.1, 0.15) is 11.5 Å². The Morgan fingerprint density at radius 1 is 1.47 bits per heavy atom. The number of nitrogens with two attached hydrogens (primary N) is 1. The second-order valence-corrected chi connectivity index (χ2v) is 3.70. The van der Waals surface area contributed by atoms with Crippen LogP contribution < -0.4 is 10.5 Å². The van der Waals surface area contributed by atoms with Gasteiger partial charge in [-0.1, -0.05) is 6.58 Å². The van der Waals surface area contributed by atoms with Crippen LogP contribution in [0.25, 0.3) is 5.76 Å². The number of anilines is 1. The minimum Gasteiger partial charge on any atom is -0.497 e. The fourth-order valence-electron chi connectivity index (χ4n) is 1.29. The van der Waals surface area contributed by atoms with Crippen molar-refractivity contribution in [2.45, 2.75) is 18.9 Å². The molecule has 0 unspecified atom stereocenters. The van der Waals surface area contributed by atoms with Crippen molar-refractivity contribution in [2.24, 2.45) is 0 Å². The molecule has 1 aromatic rings. The Morgan fingerprint density at radius 3 is 2.80 bits per heavy atom. The van der Waals surface area contributed by atoms with Gasteiger partial charge in [0.05, 0.1) is 18.9 Å². The highest BCUT2D eigenvalue weighted by molar-refractivity contribution is 5.65. The van der Waals surface area contributed by atoms with Crippen molar-refractivity contribution in [3.05, 3.63) is 30.3 Å². The van der Waals surface area contributed by atoms with Crippen LogP contribution >= 0.6 is 0 Å². The van der Waals surface area contributed by atoms with Crippen molar-refractivity contribution in [1.82, 2.24) is 0 Å². The van der Waals surface area contributed by atoms with Crippen LogP contribution in [0.15, 0.2) is 24.8 Å². The Hall–Kier alpha value is -1.64. The summed E-state index contributed by atoms with van der Waals surface area (Å²) in [6, 6.07) is 5.57. The minimum absolute atomic E-state index is 0.346. The first kappa shape index (κ1) is 9.90. The van der Waals surface area contributed by atoms with Gasteiger partial charge in [-0.3, -0.25) is 0 Å². The van der Waals surface area contributed by atoms with Gasteiger partial charge in [-0.2, -0.15) is 0 Å². The molecule has 2 rings (SSSR count). The number of hydrogen-bond acceptors (Lipinski definition) is 3. The molecule has 1 aromatic carbocycles. The van der Waals surface area contributed by atoms with Crippen molar-refractivity contribution in [1.29, 1.82) is 0 Å². The highest BCUT2D eigenvalue weighted by Crippen LogP contribution is 2.32. The maximum atomic E-state index is 5.81. The zero-order valence-electron chi connectivity index (χ0n) is 8.82. The standard InChI is InChI=1S/C12H15NO2/c1-8(14-2)9-3-6-11(13)12(7-9)15-10-4-5-10/h3,6-7,10H,1,4-5,13H2,2H3. The average Bonchev–Trinajstić information content (AvgIpc) is 3.04. The summed E-state index contributed by atoms with van der Waals surface area (Å²) < 4.78 is 10.7. The lowest BCUT2D eigenvalue weighted by molar-refractivity contribution is 0.304. The van der Waals surface area contributed by atoms with E-state index >= 15 is 0 Å². The van der Waals surface area contributed by atoms with Crippen LogP contribution in [0, 0.1) is 0 Å². The molecule has 1 aliphatic carbocycles. The fraction of sp³-hybridized carbons (Fsp3) is 0.333. The summed E-state index contributed by atoms with van der Waals surface area (Å²) in [5.41, 5.74) is 7.38. The summed E-state index contributed by atoms with van der Waals surface area (Å²) in [7, 11) is 1.60. The molecule has 0 atom stereocenters. The molecule has 0 spiro atoms. The van der Waals surface area contributed by atoms with E-state index in [1.807, 2.05) is 18.2 Å². The van der Waals surface area contributed by atoms with E-state index in [1.165, 1.54) is 0 Å². The molecule has 0 heterocycles. The van der Waals surface area contributed by atoms with E-state index in [-0.39, 0.29) is 0 Å². The van der Waals surface area contributed by atoms with E-state index in [9.17, 15) is 0 Å². The second kappa shape index (κ2) is 3.85. The molecule has 1 aliphatic rings. The van der Waals surface area contributed by atoms with Crippen LogP contribution in [0.2, 0.25) is 0 Å². The van der Waals surface area contributed by atoms with Gasteiger partial charge in [-0.15, -0.1) is 0 Å². The number of methoxy groups -OCH3 is 1. The first-order chi connectivity index (χ1) is 7.20. The second-order valence-electron chi connectivity index (χ2n) is 3.70. The van der Waals surface area contributed by atoms with Gasteiger partial charge >= 0.3 is 0 Å². The van der Waals surface area contributed by atoms with Crippen LogP contribution in [-0.2, 0) is 4.74 Å². The van der Waals surface area contributed by atoms with Crippen LogP contribution in [0.3, 0.4) is 0 Å². The maximum Gasteiger partial charge on any atom is 0.143 e. The summed E-state index contributed by atoms with van der Waals surface area (Å²) in [4.78, 5) is 0. The zero-order chi connectivity index (χ0) is 10.8. The molecule has 0 bridgehead atoms. The van der Waals surface area contributed by atoms with Gasteiger partial charge in [0.15, 0.2) is 0 Å². The maximum absolute atomic E-state index is 5.81. The Morgan fingerprint density at radius 2 is 2.20 bits per heavy atom. The Labute approximate surface area is 89.5 Å². The first-order valence-corrected chi connectivity index (χ1v) is 5.00. The quantitative estimate of drug-likeness (QED) is 0.606. The average molecular weight is 205 g/mol. The molecule has 3 heteroatoms. The smallest absolute Gasteiger partial charge is 0.143 e. The molecule has 0 amide bonds. The molecule has 0 aromatic heterocycles. The Balaban J connectivity index is 2.22. The fourth-order valence-corrected chi connectivity index (χ4v) is 1.29. The third kappa shape index (κ3) is 2.24. The largest absolute Gasteiger partial charge is 0.497 e. The number of rotatable bonds is 4. The molecule has 0 aliphatic heterocycles. The Bertz CT molecular complexity index is 383. The molecule has 3 nitrogen and oxygen atoms in total. The van der Waals surface area contributed by atoms with E-state index in [1.54, 1.807) is 7.11 Å². The molecule has 0 saturated heterocycles. The molecule has 15 heavy (non-hydrogen) atoms. The molecule has 1 fully saturated rings. The number of benzene rings is 1. The summed E-state index contributed by atoms with van der Waals surface area (Å²) in [5.74, 6) is 1.35. The van der Waals surface area contributed by atoms with Gasteiger partial charge in [0.2, 0.25) is 0 Å². The monoisotopic (exact) mass is 205 g/mol. The van der Waals surface area contributed by atoms with Crippen molar-refractivity contribution in [2.75, 3.05) is 12.8 Å². The lowest BCUT2D eigenvalue weighted by Gasteiger charge is -2.10. The van der Waals surface area contributed by atoms with Crippen LogP contribution in [-0.4, -0.2) is 13.2 Å². The third-order valence-corrected chi connectivity index (χ3v) is 2.40. The molecule has 0 radical (unpaired) electrons. The summed E-state index contributed by atoms with van der Waals surface area (Å²) >= 11 is 0. The Kier molecular flexibility index (Phi) is 2.54. The molecule has 80 valence electrons. The predicted octanol–water partition coefficient (Wildman–Crippen LogP) is 2.43. The summed E-state index contributed by atoms with van der Waals surface area (Å²) in [6.07, 6.45) is 2.59. The van der Waals surface area contributed by atoms with Gasteiger partial charge < -0.3 is 15.2 Å². The predicted molar refractivity (Wildman–Crippen MR) is 60.5 cm³/mol. The molecular weight excluding hydrogens is 190 g/mol. The van der Waals surface area contributed by atoms with Gasteiger partial charge in [0.25, 0.3) is 0 Å². The lowest BCUT2D eigenvalue weighted by atomic mass is 10.1. The minimum atomic E-state index is 0.346. The highest BCUT2D eigenvalue weighted by Gasteiger charge is 2.24. The molecule has 2 N–H and O–H groups in total. The van der Waals surface area contributed by atoms with E-state index in [0.717, 1.165) is 24.2 Å². The summed E-state index contributed by atoms with van der Waals surface area (Å²) in [6.45, 7) is 3.79. The van der Waals surface area contributed by atoms with E-state index in [4.69, 9.17) is 15.2 Å². The van der Waals surface area contributed by atoms with Gasteiger partial charge in [-0.05, 0) is 31.0 Å². The molecule has 1 saturated carbocycles. The van der Waals surface area contributed by atoms with E-state index in [0.29, 0.717) is 17.6 Å². The normalized spacial score (nSPS) is 14.7. The van der Waals surface area contributed by atoms with Crippen LogP contribution in [0.4, 0.5) is 5.69 Å². The SMILES string of the molecule is C=C(OC)c1ccc(N)c(OC2CC2)c1. The van der Waals surface area contributed by atoms with Crippen molar-refractivity contribution < 1.29 is 9.47 Å². The third-order valence-electron chi connectivity index (χ3n) is 2.40. The van der Waals surface area contributed by atoms with Gasteiger partial charge in [-0.25, -0.2) is 0 Å². The molecular formula is C12H15NO2. The topological polar surface area (TPSA) is 44.5 Å².